The van der Waals surface area contributed by atoms with Crippen LogP contribution >= 0.6 is 0 Å². The maximum atomic E-state index is 11.8. The molecule has 0 bridgehead atoms. The van der Waals surface area contributed by atoms with E-state index in [4.69, 9.17) is 4.74 Å². The maximum absolute atomic E-state index is 11.8. The van der Waals surface area contributed by atoms with Gasteiger partial charge in [-0.1, -0.05) is 18.2 Å². The number of nitrogens with zero attached hydrogens (tertiary/aromatic N) is 2. The third-order valence-electron chi connectivity index (χ3n) is 2.63. The van der Waals surface area contributed by atoms with Gasteiger partial charge in [0.1, 0.15) is 5.75 Å². The maximum Gasteiger partial charge on any atom is 0.224 e. The lowest BCUT2D eigenvalue weighted by molar-refractivity contribution is -0.120. The first-order valence-corrected chi connectivity index (χ1v) is 5.93. The molecule has 1 aromatic heterocycles. The van der Waals surface area contributed by atoms with E-state index in [0.29, 0.717) is 6.54 Å². The van der Waals surface area contributed by atoms with Crippen molar-refractivity contribution in [3.8, 4) is 5.75 Å². The minimum atomic E-state index is -0.0739. The molecule has 1 heterocycles. The van der Waals surface area contributed by atoms with Gasteiger partial charge in [-0.15, -0.1) is 0 Å². The van der Waals surface area contributed by atoms with Gasteiger partial charge in [-0.25, -0.2) is 0 Å². The summed E-state index contributed by atoms with van der Waals surface area (Å²) in [5, 5.41) is 2.80. The number of hydrogen-bond donors (Lipinski definition) is 1. The number of amides is 1. The van der Waals surface area contributed by atoms with Crippen LogP contribution in [0.4, 0.5) is 0 Å². The predicted molar refractivity (Wildman–Crippen MR) is 70.6 cm³/mol. The fourth-order valence-electron chi connectivity index (χ4n) is 1.69. The third kappa shape index (κ3) is 3.77. The van der Waals surface area contributed by atoms with Crippen LogP contribution in [0.25, 0.3) is 0 Å². The summed E-state index contributed by atoms with van der Waals surface area (Å²) >= 11 is 0. The van der Waals surface area contributed by atoms with Crippen molar-refractivity contribution in [3.63, 3.8) is 0 Å². The van der Waals surface area contributed by atoms with Gasteiger partial charge in [0.15, 0.2) is 0 Å². The van der Waals surface area contributed by atoms with Gasteiger partial charge >= 0.3 is 0 Å². The summed E-state index contributed by atoms with van der Waals surface area (Å²) in [6, 6.07) is 7.47. The highest BCUT2D eigenvalue weighted by molar-refractivity contribution is 5.79. The Hall–Kier alpha value is -2.43. The van der Waals surface area contributed by atoms with Crippen LogP contribution in [0, 0.1) is 0 Å². The van der Waals surface area contributed by atoms with Crippen molar-refractivity contribution in [2.45, 2.75) is 13.0 Å². The molecule has 0 fully saturated rings. The molecule has 0 saturated carbocycles. The molecule has 2 rings (SSSR count). The fourth-order valence-corrected chi connectivity index (χ4v) is 1.69. The smallest absolute Gasteiger partial charge is 0.224 e. The summed E-state index contributed by atoms with van der Waals surface area (Å²) in [5.41, 5.74) is 1.59. The average molecular weight is 257 g/mol. The van der Waals surface area contributed by atoms with E-state index in [0.717, 1.165) is 17.0 Å². The molecule has 0 saturated heterocycles. The minimum absolute atomic E-state index is 0.0739. The van der Waals surface area contributed by atoms with Crippen molar-refractivity contribution in [2.75, 3.05) is 7.11 Å². The summed E-state index contributed by atoms with van der Waals surface area (Å²) in [6.45, 7) is 0.377. The number of hydrogen-bond acceptors (Lipinski definition) is 4. The molecular weight excluding hydrogens is 242 g/mol. The molecule has 0 aliphatic heterocycles. The average Bonchev–Trinajstić information content (AvgIpc) is 2.47. The Morgan fingerprint density at radius 2 is 2.16 bits per heavy atom. The third-order valence-corrected chi connectivity index (χ3v) is 2.63. The number of methoxy groups -OCH3 is 1. The van der Waals surface area contributed by atoms with Crippen LogP contribution in [0.15, 0.2) is 42.9 Å². The molecule has 0 aliphatic rings. The van der Waals surface area contributed by atoms with Gasteiger partial charge in [-0.3, -0.25) is 14.8 Å². The van der Waals surface area contributed by atoms with Crippen LogP contribution in [0.2, 0.25) is 0 Å². The Labute approximate surface area is 111 Å². The number of benzene rings is 1. The normalized spacial score (nSPS) is 9.95. The van der Waals surface area contributed by atoms with E-state index in [1.165, 1.54) is 0 Å². The molecule has 5 heteroatoms. The Bertz CT molecular complexity index is 543. The van der Waals surface area contributed by atoms with Crippen LogP contribution in [-0.4, -0.2) is 23.0 Å². The number of para-hydroxylation sites is 1. The molecule has 1 N–H and O–H groups in total. The predicted octanol–water partition coefficient (Wildman–Crippen LogP) is 1.34. The molecular formula is C14H15N3O2. The Morgan fingerprint density at radius 3 is 2.89 bits per heavy atom. The van der Waals surface area contributed by atoms with Crippen LogP contribution < -0.4 is 10.1 Å². The molecule has 0 aliphatic carbocycles. The molecule has 0 unspecified atom stereocenters. The summed E-state index contributed by atoms with van der Waals surface area (Å²) < 4.78 is 5.21. The summed E-state index contributed by atoms with van der Waals surface area (Å²) in [5.74, 6) is 0.646. The van der Waals surface area contributed by atoms with E-state index in [9.17, 15) is 4.79 Å². The molecule has 98 valence electrons. The molecule has 0 spiro atoms. The number of carbonyl (C=O) groups excluding carboxylic acids is 1. The zero-order valence-corrected chi connectivity index (χ0v) is 10.7. The van der Waals surface area contributed by atoms with Crippen molar-refractivity contribution in [1.82, 2.24) is 15.3 Å². The van der Waals surface area contributed by atoms with Crippen molar-refractivity contribution >= 4 is 5.91 Å². The number of rotatable bonds is 5. The van der Waals surface area contributed by atoms with E-state index in [-0.39, 0.29) is 12.3 Å². The summed E-state index contributed by atoms with van der Waals surface area (Å²) in [4.78, 5) is 19.9. The van der Waals surface area contributed by atoms with Crippen LogP contribution in [0.5, 0.6) is 5.75 Å². The largest absolute Gasteiger partial charge is 0.496 e. The molecule has 2 aromatic rings. The quantitative estimate of drug-likeness (QED) is 0.878. The second-order valence-corrected chi connectivity index (χ2v) is 3.96. The topological polar surface area (TPSA) is 64.1 Å². The number of aromatic nitrogens is 2. The fraction of sp³-hybridized carbons (Fsp3) is 0.214. The molecule has 0 radical (unpaired) electrons. The van der Waals surface area contributed by atoms with Gasteiger partial charge in [0, 0.05) is 18.0 Å². The minimum Gasteiger partial charge on any atom is -0.496 e. The number of nitrogens with one attached hydrogen (secondary N) is 1. The number of carbonyl (C=O) groups is 1. The summed E-state index contributed by atoms with van der Waals surface area (Å²) in [7, 11) is 1.59. The first-order valence-electron chi connectivity index (χ1n) is 5.93. The highest BCUT2D eigenvalue weighted by Crippen LogP contribution is 2.17. The highest BCUT2D eigenvalue weighted by Gasteiger charge is 2.07. The molecule has 0 atom stereocenters. The monoisotopic (exact) mass is 257 g/mol. The second-order valence-electron chi connectivity index (χ2n) is 3.96. The first kappa shape index (κ1) is 13.0. The lowest BCUT2D eigenvalue weighted by atomic mass is 10.1. The lowest BCUT2D eigenvalue weighted by Crippen LogP contribution is -2.25. The molecule has 1 aromatic carbocycles. The van der Waals surface area contributed by atoms with Crippen LogP contribution in [0.3, 0.4) is 0 Å². The molecule has 1 amide bonds. The van der Waals surface area contributed by atoms with Crippen LogP contribution in [-0.2, 0) is 17.8 Å². The lowest BCUT2D eigenvalue weighted by Gasteiger charge is -2.08. The van der Waals surface area contributed by atoms with E-state index in [1.54, 1.807) is 25.7 Å². The van der Waals surface area contributed by atoms with Gasteiger partial charge in [-0.05, 0) is 6.07 Å². The van der Waals surface area contributed by atoms with Gasteiger partial charge in [-0.2, -0.15) is 0 Å². The first-order chi connectivity index (χ1) is 9.29. The zero-order chi connectivity index (χ0) is 13.5. The Morgan fingerprint density at radius 1 is 1.32 bits per heavy atom. The highest BCUT2D eigenvalue weighted by atomic mass is 16.5. The van der Waals surface area contributed by atoms with E-state index in [2.05, 4.69) is 15.3 Å². The molecule has 19 heavy (non-hydrogen) atoms. The van der Waals surface area contributed by atoms with Crippen LogP contribution in [0.1, 0.15) is 11.3 Å². The van der Waals surface area contributed by atoms with Gasteiger partial charge in [0.25, 0.3) is 0 Å². The van der Waals surface area contributed by atoms with Gasteiger partial charge in [0.2, 0.25) is 5.91 Å². The van der Waals surface area contributed by atoms with Crippen molar-refractivity contribution in [3.05, 3.63) is 54.1 Å². The SMILES string of the molecule is COc1ccccc1CC(=O)NCc1cnccn1. The Kier molecular flexibility index (Phi) is 4.44. The molecule has 5 nitrogen and oxygen atoms in total. The van der Waals surface area contributed by atoms with E-state index in [1.807, 2.05) is 24.3 Å². The van der Waals surface area contributed by atoms with Gasteiger partial charge < -0.3 is 10.1 Å². The van der Waals surface area contributed by atoms with Crippen molar-refractivity contribution in [1.29, 1.82) is 0 Å². The Balaban J connectivity index is 1.91. The standard InChI is InChI=1S/C14H15N3O2/c1-19-13-5-3-2-4-11(13)8-14(18)17-10-12-9-15-6-7-16-12/h2-7,9H,8,10H2,1H3,(H,17,18). The van der Waals surface area contributed by atoms with Crippen molar-refractivity contribution < 1.29 is 9.53 Å². The second kappa shape index (κ2) is 6.49. The zero-order valence-electron chi connectivity index (χ0n) is 10.7. The number of ether oxygens (including phenoxy) is 1. The van der Waals surface area contributed by atoms with Crippen molar-refractivity contribution in [2.24, 2.45) is 0 Å². The van der Waals surface area contributed by atoms with E-state index >= 15 is 0 Å². The summed E-state index contributed by atoms with van der Waals surface area (Å²) in [6.07, 6.45) is 5.11. The van der Waals surface area contributed by atoms with Gasteiger partial charge in [0.05, 0.1) is 32.0 Å². The van der Waals surface area contributed by atoms with E-state index < -0.39 is 0 Å².